The molecule has 0 saturated heterocycles. The predicted molar refractivity (Wildman–Crippen MR) is 84.4 cm³/mol. The first-order chi connectivity index (χ1) is 11.2. The molecule has 4 heteroatoms. The third kappa shape index (κ3) is 3.01. The fourth-order valence-electron chi connectivity index (χ4n) is 2.77. The zero-order valence-electron chi connectivity index (χ0n) is 12.2. The minimum absolute atomic E-state index is 0.00784. The maximum Gasteiger partial charge on any atom is 0.179 e. The molecule has 23 heavy (non-hydrogen) atoms. The van der Waals surface area contributed by atoms with Crippen LogP contribution >= 0.6 is 0 Å². The van der Waals surface area contributed by atoms with Crippen LogP contribution in [0, 0.1) is 5.82 Å². The zero-order chi connectivity index (χ0) is 16.2. The number of allylic oxidation sites excluding steroid dienone is 1. The van der Waals surface area contributed by atoms with Gasteiger partial charge in [0.15, 0.2) is 12.4 Å². The van der Waals surface area contributed by atoms with Crippen molar-refractivity contribution >= 4 is 6.29 Å². The number of carbonyl (C=O) groups is 1. The molecule has 116 valence electrons. The molecule has 1 heterocycles. The number of halogens is 1. The molecular weight excluding hydrogens is 295 g/mol. The van der Waals surface area contributed by atoms with E-state index in [-0.39, 0.29) is 11.6 Å². The fourth-order valence-corrected chi connectivity index (χ4v) is 2.77. The first kappa shape index (κ1) is 15.0. The van der Waals surface area contributed by atoms with Gasteiger partial charge in [-0.1, -0.05) is 42.5 Å². The maximum atomic E-state index is 13.3. The van der Waals surface area contributed by atoms with E-state index in [0.29, 0.717) is 11.9 Å². The van der Waals surface area contributed by atoms with E-state index < -0.39 is 12.0 Å². The average Bonchev–Trinajstić information content (AvgIpc) is 2.59. The van der Waals surface area contributed by atoms with Crippen molar-refractivity contribution in [3.63, 3.8) is 0 Å². The lowest BCUT2D eigenvalue weighted by Gasteiger charge is -2.27. The zero-order valence-corrected chi connectivity index (χ0v) is 12.2. The first-order valence-electron chi connectivity index (χ1n) is 7.21. The van der Waals surface area contributed by atoms with Crippen LogP contribution < -0.4 is 0 Å². The summed E-state index contributed by atoms with van der Waals surface area (Å²) in [4.78, 5) is 11.4. The largest absolute Gasteiger partial charge is 0.508 e. The van der Waals surface area contributed by atoms with Gasteiger partial charge in [0.2, 0.25) is 0 Å². The lowest BCUT2D eigenvalue weighted by molar-refractivity contribution is -0.114. The summed E-state index contributed by atoms with van der Waals surface area (Å²) in [7, 11) is 0. The number of aldehydes is 1. The van der Waals surface area contributed by atoms with Crippen LogP contribution in [0.4, 0.5) is 4.39 Å². The van der Waals surface area contributed by atoms with Crippen LogP contribution in [0.15, 0.2) is 78.3 Å². The Labute approximate surface area is 133 Å². The number of ether oxygens (including phenoxy) is 1. The molecule has 0 saturated carbocycles. The topological polar surface area (TPSA) is 46.5 Å². The monoisotopic (exact) mass is 310 g/mol. The van der Waals surface area contributed by atoms with Gasteiger partial charge in [0.25, 0.3) is 0 Å². The van der Waals surface area contributed by atoms with Gasteiger partial charge in [-0.2, -0.15) is 0 Å². The summed E-state index contributed by atoms with van der Waals surface area (Å²) in [6.07, 6.45) is 2.48. The van der Waals surface area contributed by atoms with Crippen LogP contribution in [0.25, 0.3) is 0 Å². The van der Waals surface area contributed by atoms with E-state index in [1.54, 1.807) is 12.1 Å². The van der Waals surface area contributed by atoms with E-state index in [2.05, 4.69) is 0 Å². The SMILES string of the molecule is O=CC1OC=CC(O)=C1C(c1ccccc1)c1ccc(F)cc1. The first-order valence-corrected chi connectivity index (χ1v) is 7.21. The molecule has 2 aromatic rings. The second-order valence-corrected chi connectivity index (χ2v) is 5.23. The Hall–Kier alpha value is -2.88. The highest BCUT2D eigenvalue weighted by molar-refractivity contribution is 5.66. The molecule has 1 aliphatic heterocycles. The van der Waals surface area contributed by atoms with Crippen molar-refractivity contribution < 1.29 is 19.0 Å². The minimum atomic E-state index is -0.879. The third-order valence-corrected chi connectivity index (χ3v) is 3.82. The molecule has 0 aromatic heterocycles. The Balaban J connectivity index is 2.17. The van der Waals surface area contributed by atoms with Crippen LogP contribution in [0.3, 0.4) is 0 Å². The smallest absolute Gasteiger partial charge is 0.179 e. The van der Waals surface area contributed by atoms with Crippen LogP contribution in [-0.2, 0) is 9.53 Å². The predicted octanol–water partition coefficient (Wildman–Crippen LogP) is 3.88. The van der Waals surface area contributed by atoms with Crippen LogP contribution in [0.2, 0.25) is 0 Å². The summed E-state index contributed by atoms with van der Waals surface area (Å²) in [5.41, 5.74) is 2.09. The number of hydrogen-bond acceptors (Lipinski definition) is 3. The Kier molecular flexibility index (Phi) is 4.24. The highest BCUT2D eigenvalue weighted by Crippen LogP contribution is 2.37. The third-order valence-electron chi connectivity index (χ3n) is 3.82. The number of hydrogen-bond donors (Lipinski definition) is 1. The second-order valence-electron chi connectivity index (χ2n) is 5.23. The Morgan fingerprint density at radius 2 is 1.70 bits per heavy atom. The van der Waals surface area contributed by atoms with E-state index in [9.17, 15) is 14.3 Å². The van der Waals surface area contributed by atoms with Crippen molar-refractivity contribution in [3.05, 3.63) is 95.2 Å². The molecule has 0 radical (unpaired) electrons. The summed E-state index contributed by atoms with van der Waals surface area (Å²) in [6.45, 7) is 0. The van der Waals surface area contributed by atoms with E-state index in [1.807, 2.05) is 30.3 Å². The Morgan fingerprint density at radius 1 is 1.04 bits per heavy atom. The number of benzene rings is 2. The Bertz CT molecular complexity index is 748. The molecular formula is C19H15FO3. The highest BCUT2D eigenvalue weighted by Gasteiger charge is 2.31. The van der Waals surface area contributed by atoms with Crippen molar-refractivity contribution in [1.82, 2.24) is 0 Å². The summed E-state index contributed by atoms with van der Waals surface area (Å²) in [5.74, 6) is -0.756. The molecule has 0 amide bonds. The van der Waals surface area contributed by atoms with E-state index in [0.717, 1.165) is 11.1 Å². The van der Waals surface area contributed by atoms with Crippen molar-refractivity contribution in [1.29, 1.82) is 0 Å². The molecule has 2 atom stereocenters. The Morgan fingerprint density at radius 3 is 2.35 bits per heavy atom. The molecule has 0 aliphatic carbocycles. The summed E-state index contributed by atoms with van der Waals surface area (Å²) < 4.78 is 18.6. The van der Waals surface area contributed by atoms with Gasteiger partial charge in [-0.15, -0.1) is 0 Å². The summed E-state index contributed by atoms with van der Waals surface area (Å²) in [6, 6.07) is 15.4. The fraction of sp³-hybridized carbons (Fsp3) is 0.105. The number of aliphatic hydroxyl groups excluding tert-OH is 1. The maximum absolute atomic E-state index is 13.3. The number of carbonyl (C=O) groups excluding carboxylic acids is 1. The normalized spacial score (nSPS) is 18.4. The van der Waals surface area contributed by atoms with Gasteiger partial charge in [-0.25, -0.2) is 4.39 Å². The minimum Gasteiger partial charge on any atom is -0.508 e. The van der Waals surface area contributed by atoms with Gasteiger partial charge >= 0.3 is 0 Å². The van der Waals surface area contributed by atoms with Gasteiger partial charge in [0.05, 0.1) is 6.26 Å². The second kappa shape index (κ2) is 6.48. The lowest BCUT2D eigenvalue weighted by atomic mass is 9.81. The van der Waals surface area contributed by atoms with E-state index in [1.165, 1.54) is 24.5 Å². The molecule has 3 rings (SSSR count). The van der Waals surface area contributed by atoms with Crippen molar-refractivity contribution in [2.45, 2.75) is 12.0 Å². The van der Waals surface area contributed by atoms with E-state index in [4.69, 9.17) is 4.74 Å². The average molecular weight is 310 g/mol. The number of rotatable bonds is 4. The molecule has 0 bridgehead atoms. The van der Waals surface area contributed by atoms with E-state index >= 15 is 0 Å². The molecule has 1 aliphatic rings. The van der Waals surface area contributed by atoms with Gasteiger partial charge in [-0.3, -0.25) is 4.79 Å². The van der Waals surface area contributed by atoms with Crippen molar-refractivity contribution in [2.75, 3.05) is 0 Å². The summed E-state index contributed by atoms with van der Waals surface area (Å²) in [5, 5.41) is 10.3. The van der Waals surface area contributed by atoms with Gasteiger partial charge in [0.1, 0.15) is 11.6 Å². The van der Waals surface area contributed by atoms with Crippen LogP contribution in [0.1, 0.15) is 17.0 Å². The standard InChI is InChI=1S/C19H15FO3/c20-15-8-6-14(7-9-15)18(13-4-2-1-3-5-13)19-16(22)10-11-23-17(19)12-21/h1-12,17-18,22H. The highest BCUT2D eigenvalue weighted by atomic mass is 19.1. The molecule has 0 fully saturated rings. The molecule has 3 nitrogen and oxygen atoms in total. The van der Waals surface area contributed by atoms with Crippen molar-refractivity contribution in [2.24, 2.45) is 0 Å². The van der Waals surface area contributed by atoms with Gasteiger partial charge in [0, 0.05) is 17.6 Å². The van der Waals surface area contributed by atoms with Gasteiger partial charge in [-0.05, 0) is 23.3 Å². The molecule has 0 spiro atoms. The van der Waals surface area contributed by atoms with Crippen LogP contribution in [0.5, 0.6) is 0 Å². The quantitative estimate of drug-likeness (QED) is 0.872. The molecule has 2 aromatic carbocycles. The molecule has 1 N–H and O–H groups in total. The van der Waals surface area contributed by atoms with Crippen molar-refractivity contribution in [3.8, 4) is 0 Å². The van der Waals surface area contributed by atoms with Gasteiger partial charge < -0.3 is 9.84 Å². The lowest BCUT2D eigenvalue weighted by Crippen LogP contribution is -2.25. The number of aliphatic hydroxyl groups is 1. The summed E-state index contributed by atoms with van der Waals surface area (Å²) >= 11 is 0. The van der Waals surface area contributed by atoms with Crippen LogP contribution in [-0.4, -0.2) is 17.5 Å². The molecule has 2 unspecified atom stereocenters.